The Hall–Kier alpha value is -2.22. The predicted octanol–water partition coefficient (Wildman–Crippen LogP) is 2.69. The second kappa shape index (κ2) is 7.19. The van der Waals surface area contributed by atoms with Crippen LogP contribution in [0.25, 0.3) is 10.7 Å². The first-order valence-electron chi connectivity index (χ1n) is 8.99. The number of aromatic nitrogens is 2. The standard InChI is InChI=1S/C18H21N3O4S/c22-16(21-9-12(11-6-7-11)13(10-21)18(23)24)5-1-4-15-19-17(20-25-15)14-3-2-8-26-14/h2-3,8,11-13H,1,4-7,9-10H2,(H,23,24)/t12-,13+/m1/s1. The van der Waals surface area contributed by atoms with E-state index in [0.29, 0.717) is 50.0 Å². The number of nitrogens with zero attached hydrogens (tertiary/aromatic N) is 3. The van der Waals surface area contributed by atoms with Crippen LogP contribution in [0, 0.1) is 17.8 Å². The van der Waals surface area contributed by atoms with Gasteiger partial charge in [-0.25, -0.2) is 0 Å². The Morgan fingerprint density at radius 3 is 2.88 bits per heavy atom. The summed E-state index contributed by atoms with van der Waals surface area (Å²) >= 11 is 1.55. The van der Waals surface area contributed by atoms with E-state index in [1.54, 1.807) is 16.2 Å². The van der Waals surface area contributed by atoms with Crippen molar-refractivity contribution in [1.29, 1.82) is 0 Å². The van der Waals surface area contributed by atoms with Crippen molar-refractivity contribution >= 4 is 23.2 Å². The first kappa shape index (κ1) is 17.2. The third-order valence-electron chi connectivity index (χ3n) is 5.25. The van der Waals surface area contributed by atoms with Crippen molar-refractivity contribution < 1.29 is 19.2 Å². The number of amides is 1. The van der Waals surface area contributed by atoms with Crippen molar-refractivity contribution in [3.05, 3.63) is 23.4 Å². The van der Waals surface area contributed by atoms with Crippen LogP contribution in [0.15, 0.2) is 22.0 Å². The minimum absolute atomic E-state index is 0.0254. The fourth-order valence-electron chi connectivity index (χ4n) is 3.71. The van der Waals surface area contributed by atoms with Crippen LogP contribution in [0.2, 0.25) is 0 Å². The maximum absolute atomic E-state index is 12.5. The van der Waals surface area contributed by atoms with Gasteiger partial charge in [0.2, 0.25) is 17.6 Å². The molecule has 1 N–H and O–H groups in total. The number of aliphatic carboxylic acids is 1. The van der Waals surface area contributed by atoms with E-state index >= 15 is 0 Å². The molecule has 8 heteroatoms. The molecule has 1 amide bonds. The summed E-state index contributed by atoms with van der Waals surface area (Å²) in [6.07, 6.45) is 3.74. The molecule has 3 heterocycles. The molecule has 0 bridgehead atoms. The lowest BCUT2D eigenvalue weighted by molar-refractivity contribution is -0.142. The number of hydrogen-bond acceptors (Lipinski definition) is 6. The van der Waals surface area contributed by atoms with Crippen molar-refractivity contribution in [1.82, 2.24) is 15.0 Å². The quantitative estimate of drug-likeness (QED) is 0.799. The Kier molecular flexibility index (Phi) is 4.76. The summed E-state index contributed by atoms with van der Waals surface area (Å²) in [7, 11) is 0. The minimum atomic E-state index is -0.774. The van der Waals surface area contributed by atoms with Gasteiger partial charge in [-0.1, -0.05) is 11.2 Å². The van der Waals surface area contributed by atoms with Crippen LogP contribution in [-0.4, -0.2) is 45.1 Å². The summed E-state index contributed by atoms with van der Waals surface area (Å²) in [4.78, 5) is 30.9. The molecule has 2 aromatic heterocycles. The summed E-state index contributed by atoms with van der Waals surface area (Å²) in [6.45, 7) is 0.933. The normalized spacial score (nSPS) is 22.7. The predicted molar refractivity (Wildman–Crippen MR) is 94.5 cm³/mol. The molecule has 26 heavy (non-hydrogen) atoms. The van der Waals surface area contributed by atoms with Gasteiger partial charge < -0.3 is 14.5 Å². The molecule has 1 aliphatic heterocycles. The maximum Gasteiger partial charge on any atom is 0.308 e. The molecule has 0 aromatic carbocycles. The van der Waals surface area contributed by atoms with Crippen LogP contribution in [0.5, 0.6) is 0 Å². The Bertz CT molecular complexity index is 784. The van der Waals surface area contributed by atoms with Gasteiger partial charge in [-0.05, 0) is 42.5 Å². The molecule has 0 spiro atoms. The highest BCUT2D eigenvalue weighted by atomic mass is 32.1. The van der Waals surface area contributed by atoms with Crippen LogP contribution >= 0.6 is 11.3 Å². The van der Waals surface area contributed by atoms with Gasteiger partial charge >= 0.3 is 5.97 Å². The smallest absolute Gasteiger partial charge is 0.308 e. The Morgan fingerprint density at radius 2 is 2.19 bits per heavy atom. The van der Waals surface area contributed by atoms with E-state index in [2.05, 4.69) is 10.1 Å². The zero-order valence-corrected chi connectivity index (χ0v) is 15.2. The van der Waals surface area contributed by atoms with Crippen molar-refractivity contribution in [3.8, 4) is 10.7 Å². The summed E-state index contributed by atoms with van der Waals surface area (Å²) < 4.78 is 5.24. The van der Waals surface area contributed by atoms with E-state index in [1.165, 1.54) is 0 Å². The van der Waals surface area contributed by atoms with Crippen molar-refractivity contribution in [2.24, 2.45) is 17.8 Å². The SMILES string of the molecule is O=C(O)[C@H]1CN(C(=O)CCCc2nc(-c3cccs3)no2)C[C@@H]1C1CC1. The summed E-state index contributed by atoms with van der Waals surface area (Å²) in [6, 6.07) is 3.87. The number of carbonyl (C=O) groups excluding carboxylic acids is 1. The molecule has 7 nitrogen and oxygen atoms in total. The van der Waals surface area contributed by atoms with Gasteiger partial charge in [-0.3, -0.25) is 9.59 Å². The Balaban J connectivity index is 1.27. The Labute approximate surface area is 155 Å². The zero-order chi connectivity index (χ0) is 18.1. The molecule has 0 radical (unpaired) electrons. The molecule has 1 aliphatic carbocycles. The monoisotopic (exact) mass is 375 g/mol. The van der Waals surface area contributed by atoms with Gasteiger partial charge in [0.05, 0.1) is 10.8 Å². The van der Waals surface area contributed by atoms with E-state index in [4.69, 9.17) is 4.52 Å². The molecule has 138 valence electrons. The molecule has 2 atom stereocenters. The number of hydrogen-bond donors (Lipinski definition) is 1. The summed E-state index contributed by atoms with van der Waals surface area (Å²) in [5.74, 6) is 0.570. The largest absolute Gasteiger partial charge is 0.481 e. The van der Waals surface area contributed by atoms with Gasteiger partial charge in [-0.15, -0.1) is 11.3 Å². The second-order valence-corrected chi connectivity index (χ2v) is 8.04. The highest BCUT2D eigenvalue weighted by Gasteiger charge is 2.46. The molecule has 1 saturated heterocycles. The summed E-state index contributed by atoms with van der Waals surface area (Å²) in [5.41, 5.74) is 0. The first-order chi connectivity index (χ1) is 12.6. The molecular formula is C18H21N3O4S. The number of carboxylic acids is 1. The van der Waals surface area contributed by atoms with E-state index in [-0.39, 0.29) is 11.8 Å². The summed E-state index contributed by atoms with van der Waals surface area (Å²) in [5, 5.41) is 15.3. The van der Waals surface area contributed by atoms with Gasteiger partial charge in [0.15, 0.2) is 0 Å². The molecular weight excluding hydrogens is 354 g/mol. The number of carbonyl (C=O) groups is 2. The first-order valence-corrected chi connectivity index (χ1v) is 9.87. The average Bonchev–Trinajstić information content (AvgIpc) is 3.08. The number of thiophene rings is 1. The average molecular weight is 375 g/mol. The molecule has 2 aromatic rings. The number of rotatable bonds is 7. The molecule has 4 rings (SSSR count). The van der Waals surface area contributed by atoms with Crippen molar-refractivity contribution in [2.75, 3.05) is 13.1 Å². The van der Waals surface area contributed by atoms with Crippen molar-refractivity contribution in [3.63, 3.8) is 0 Å². The second-order valence-electron chi connectivity index (χ2n) is 7.09. The lowest BCUT2D eigenvalue weighted by Gasteiger charge is -2.15. The highest BCUT2D eigenvalue weighted by molar-refractivity contribution is 7.13. The lowest BCUT2D eigenvalue weighted by atomic mass is 9.92. The maximum atomic E-state index is 12.5. The van der Waals surface area contributed by atoms with Crippen LogP contribution < -0.4 is 0 Å². The third kappa shape index (κ3) is 3.65. The van der Waals surface area contributed by atoms with Crippen LogP contribution in [0.4, 0.5) is 0 Å². The number of aryl methyl sites for hydroxylation is 1. The lowest BCUT2D eigenvalue weighted by Crippen LogP contribution is -2.29. The third-order valence-corrected chi connectivity index (χ3v) is 6.12. The number of likely N-dealkylation sites (tertiary alicyclic amines) is 1. The Morgan fingerprint density at radius 1 is 1.35 bits per heavy atom. The molecule has 1 saturated carbocycles. The molecule has 2 fully saturated rings. The van der Waals surface area contributed by atoms with Crippen LogP contribution in [-0.2, 0) is 16.0 Å². The van der Waals surface area contributed by atoms with Gasteiger partial charge in [0.25, 0.3) is 0 Å². The van der Waals surface area contributed by atoms with E-state index in [1.807, 2.05) is 17.5 Å². The van der Waals surface area contributed by atoms with Gasteiger partial charge in [0, 0.05) is 25.9 Å². The van der Waals surface area contributed by atoms with Gasteiger partial charge in [0.1, 0.15) is 0 Å². The minimum Gasteiger partial charge on any atom is -0.481 e. The van der Waals surface area contributed by atoms with E-state index in [0.717, 1.165) is 17.7 Å². The number of carboxylic acid groups (broad SMARTS) is 1. The van der Waals surface area contributed by atoms with E-state index in [9.17, 15) is 14.7 Å². The van der Waals surface area contributed by atoms with Crippen LogP contribution in [0.1, 0.15) is 31.6 Å². The van der Waals surface area contributed by atoms with Gasteiger partial charge in [-0.2, -0.15) is 4.98 Å². The highest BCUT2D eigenvalue weighted by Crippen LogP contribution is 2.44. The fraction of sp³-hybridized carbons (Fsp3) is 0.556. The van der Waals surface area contributed by atoms with Crippen molar-refractivity contribution in [2.45, 2.75) is 32.1 Å². The van der Waals surface area contributed by atoms with E-state index < -0.39 is 11.9 Å². The zero-order valence-electron chi connectivity index (χ0n) is 14.3. The fourth-order valence-corrected chi connectivity index (χ4v) is 4.36. The van der Waals surface area contributed by atoms with Crippen LogP contribution in [0.3, 0.4) is 0 Å². The molecule has 0 unspecified atom stereocenters. The topological polar surface area (TPSA) is 96.5 Å². The molecule has 2 aliphatic rings.